The van der Waals surface area contributed by atoms with E-state index in [1.54, 1.807) is 7.11 Å². The molecule has 130 valence electrons. The Balaban J connectivity index is 2.01. The quantitative estimate of drug-likeness (QED) is 0.808. The molecule has 0 radical (unpaired) electrons. The van der Waals surface area contributed by atoms with Gasteiger partial charge in [0.1, 0.15) is 5.70 Å². The summed E-state index contributed by atoms with van der Waals surface area (Å²) in [6.07, 6.45) is 0. The molecule has 0 unspecified atom stereocenters. The van der Waals surface area contributed by atoms with Crippen molar-refractivity contribution in [3.63, 3.8) is 0 Å². The molecule has 2 amide bonds. The van der Waals surface area contributed by atoms with Crippen molar-refractivity contribution < 1.29 is 14.3 Å². The van der Waals surface area contributed by atoms with Crippen LogP contribution in [0.25, 0.3) is 5.57 Å². The second-order valence-corrected chi connectivity index (χ2v) is 6.87. The molecule has 1 aromatic carbocycles. The lowest BCUT2D eigenvalue weighted by atomic mass is 10.1. The maximum absolute atomic E-state index is 12.8. The standard InChI is InChI=1S/C19H20N2O3S/c1-12-6-7-14(13(2)11-12)20-17-16(15-5-4-10-25-15)18(22)21(19(17)23)8-9-24-3/h4-7,10-11,20H,8-9H2,1-3H3. The molecule has 0 saturated heterocycles. The van der Waals surface area contributed by atoms with E-state index < -0.39 is 0 Å². The first-order valence-electron chi connectivity index (χ1n) is 8.00. The molecule has 1 aliphatic heterocycles. The maximum atomic E-state index is 12.8. The molecule has 2 aromatic rings. The Hall–Kier alpha value is -2.44. The SMILES string of the molecule is COCCN1C(=O)C(Nc2ccc(C)cc2C)=C(c2cccs2)C1=O. The van der Waals surface area contributed by atoms with Gasteiger partial charge in [0.05, 0.1) is 18.7 Å². The predicted octanol–water partition coefficient (Wildman–Crippen LogP) is 3.20. The zero-order valence-electron chi connectivity index (χ0n) is 14.5. The predicted molar refractivity (Wildman–Crippen MR) is 99.4 cm³/mol. The fraction of sp³-hybridized carbons (Fsp3) is 0.263. The van der Waals surface area contributed by atoms with E-state index in [9.17, 15) is 9.59 Å². The number of rotatable bonds is 6. The summed E-state index contributed by atoms with van der Waals surface area (Å²) in [6.45, 7) is 4.54. The smallest absolute Gasteiger partial charge is 0.278 e. The van der Waals surface area contributed by atoms with Crippen LogP contribution in [0.4, 0.5) is 5.69 Å². The third-order valence-corrected chi connectivity index (χ3v) is 4.98. The molecule has 1 aromatic heterocycles. The molecule has 0 fully saturated rings. The Morgan fingerprint density at radius 2 is 1.96 bits per heavy atom. The van der Waals surface area contributed by atoms with Crippen LogP contribution in [0.3, 0.4) is 0 Å². The normalized spacial score (nSPS) is 14.6. The van der Waals surface area contributed by atoms with Gasteiger partial charge in [-0.1, -0.05) is 23.8 Å². The first-order valence-corrected chi connectivity index (χ1v) is 8.88. The van der Waals surface area contributed by atoms with Crippen LogP contribution in [-0.2, 0) is 14.3 Å². The Kier molecular flexibility index (Phi) is 5.01. The van der Waals surface area contributed by atoms with Gasteiger partial charge < -0.3 is 10.1 Å². The number of nitrogens with one attached hydrogen (secondary N) is 1. The minimum absolute atomic E-state index is 0.237. The lowest BCUT2D eigenvalue weighted by Crippen LogP contribution is -2.35. The molecule has 1 N–H and O–H groups in total. The summed E-state index contributed by atoms with van der Waals surface area (Å²) in [5.41, 5.74) is 3.75. The summed E-state index contributed by atoms with van der Waals surface area (Å²) in [7, 11) is 1.55. The number of thiophene rings is 1. The number of hydrogen-bond donors (Lipinski definition) is 1. The van der Waals surface area contributed by atoms with Gasteiger partial charge in [-0.3, -0.25) is 14.5 Å². The van der Waals surface area contributed by atoms with Gasteiger partial charge in [-0.15, -0.1) is 11.3 Å². The molecule has 0 aliphatic carbocycles. The van der Waals surface area contributed by atoms with Crippen LogP contribution in [0.2, 0.25) is 0 Å². The number of ether oxygens (including phenoxy) is 1. The average Bonchev–Trinajstić information content (AvgIpc) is 3.17. The molecule has 25 heavy (non-hydrogen) atoms. The second kappa shape index (κ2) is 7.21. The van der Waals surface area contributed by atoms with Crippen molar-refractivity contribution in [1.29, 1.82) is 0 Å². The minimum atomic E-state index is -0.314. The van der Waals surface area contributed by atoms with Gasteiger partial charge >= 0.3 is 0 Å². The molecule has 5 nitrogen and oxygen atoms in total. The van der Waals surface area contributed by atoms with E-state index in [0.717, 1.165) is 21.7 Å². The third kappa shape index (κ3) is 3.36. The number of anilines is 1. The second-order valence-electron chi connectivity index (χ2n) is 5.93. The third-order valence-electron chi connectivity index (χ3n) is 4.10. The Labute approximate surface area is 150 Å². The van der Waals surface area contributed by atoms with Crippen molar-refractivity contribution in [2.45, 2.75) is 13.8 Å². The zero-order chi connectivity index (χ0) is 18.0. The summed E-state index contributed by atoms with van der Waals surface area (Å²) in [4.78, 5) is 27.7. The lowest BCUT2D eigenvalue weighted by molar-refractivity contribution is -0.137. The highest BCUT2D eigenvalue weighted by atomic mass is 32.1. The van der Waals surface area contributed by atoms with E-state index in [0.29, 0.717) is 17.9 Å². The highest BCUT2D eigenvalue weighted by Gasteiger charge is 2.39. The highest BCUT2D eigenvalue weighted by Crippen LogP contribution is 2.33. The lowest BCUT2D eigenvalue weighted by Gasteiger charge is -2.15. The average molecular weight is 356 g/mol. The molecule has 3 rings (SSSR count). The Bertz CT molecular complexity index is 840. The van der Waals surface area contributed by atoms with E-state index >= 15 is 0 Å². The van der Waals surface area contributed by atoms with Crippen molar-refractivity contribution >= 4 is 34.4 Å². The number of carbonyl (C=O) groups is 2. The van der Waals surface area contributed by atoms with Crippen LogP contribution >= 0.6 is 11.3 Å². The van der Waals surface area contributed by atoms with E-state index in [1.165, 1.54) is 16.2 Å². The van der Waals surface area contributed by atoms with Gasteiger partial charge in [-0.2, -0.15) is 0 Å². The first kappa shape index (κ1) is 17.4. The monoisotopic (exact) mass is 356 g/mol. The molecular formula is C19H20N2O3S. The number of imide groups is 1. The Morgan fingerprint density at radius 3 is 2.60 bits per heavy atom. The molecule has 0 atom stereocenters. The molecule has 2 heterocycles. The number of hydrogen-bond acceptors (Lipinski definition) is 5. The molecular weight excluding hydrogens is 336 g/mol. The van der Waals surface area contributed by atoms with Crippen molar-refractivity contribution in [2.24, 2.45) is 0 Å². The maximum Gasteiger partial charge on any atom is 0.278 e. The summed E-state index contributed by atoms with van der Waals surface area (Å²) in [5, 5.41) is 5.09. The molecule has 0 spiro atoms. The number of amides is 2. The summed E-state index contributed by atoms with van der Waals surface area (Å²) in [5.74, 6) is -0.595. The fourth-order valence-electron chi connectivity index (χ4n) is 2.82. The van der Waals surface area contributed by atoms with Gasteiger partial charge in [0.2, 0.25) is 0 Å². The fourth-order valence-corrected chi connectivity index (χ4v) is 3.58. The van der Waals surface area contributed by atoms with Gasteiger partial charge in [0, 0.05) is 17.7 Å². The zero-order valence-corrected chi connectivity index (χ0v) is 15.3. The van der Waals surface area contributed by atoms with E-state index in [-0.39, 0.29) is 18.4 Å². The Morgan fingerprint density at radius 1 is 1.16 bits per heavy atom. The topological polar surface area (TPSA) is 58.6 Å². The molecule has 1 aliphatic rings. The highest BCUT2D eigenvalue weighted by molar-refractivity contribution is 7.11. The van der Waals surface area contributed by atoms with Crippen molar-refractivity contribution in [2.75, 3.05) is 25.6 Å². The summed E-state index contributed by atoms with van der Waals surface area (Å²) in [6, 6.07) is 9.67. The number of methoxy groups -OCH3 is 1. The summed E-state index contributed by atoms with van der Waals surface area (Å²) < 4.78 is 5.03. The van der Waals surface area contributed by atoms with E-state index in [1.807, 2.05) is 49.6 Å². The summed E-state index contributed by atoms with van der Waals surface area (Å²) >= 11 is 1.44. The first-order chi connectivity index (χ1) is 12.0. The van der Waals surface area contributed by atoms with Gasteiger partial charge in [-0.25, -0.2) is 0 Å². The molecule has 0 saturated carbocycles. The minimum Gasteiger partial charge on any atom is -0.383 e. The van der Waals surface area contributed by atoms with Crippen LogP contribution in [0, 0.1) is 13.8 Å². The van der Waals surface area contributed by atoms with Crippen LogP contribution in [0.1, 0.15) is 16.0 Å². The van der Waals surface area contributed by atoms with Crippen LogP contribution in [-0.4, -0.2) is 37.0 Å². The van der Waals surface area contributed by atoms with Gasteiger partial charge in [0.15, 0.2) is 0 Å². The van der Waals surface area contributed by atoms with Crippen LogP contribution in [0.5, 0.6) is 0 Å². The number of nitrogens with zero attached hydrogens (tertiary/aromatic N) is 1. The van der Waals surface area contributed by atoms with Crippen LogP contribution < -0.4 is 5.32 Å². The van der Waals surface area contributed by atoms with Crippen molar-refractivity contribution in [3.8, 4) is 0 Å². The van der Waals surface area contributed by atoms with Crippen molar-refractivity contribution in [1.82, 2.24) is 4.90 Å². The molecule has 0 bridgehead atoms. The van der Waals surface area contributed by atoms with E-state index in [2.05, 4.69) is 5.32 Å². The van der Waals surface area contributed by atoms with Gasteiger partial charge in [0.25, 0.3) is 11.8 Å². The largest absolute Gasteiger partial charge is 0.383 e. The van der Waals surface area contributed by atoms with Crippen LogP contribution in [0.15, 0.2) is 41.4 Å². The number of aryl methyl sites for hydroxylation is 2. The molecule has 6 heteroatoms. The van der Waals surface area contributed by atoms with Gasteiger partial charge in [-0.05, 0) is 36.9 Å². The van der Waals surface area contributed by atoms with E-state index in [4.69, 9.17) is 4.74 Å². The van der Waals surface area contributed by atoms with Crippen molar-refractivity contribution in [3.05, 3.63) is 57.4 Å². The number of benzene rings is 1. The number of carbonyl (C=O) groups excluding carboxylic acids is 2.